The monoisotopic (exact) mass is 380 g/mol. The summed E-state index contributed by atoms with van der Waals surface area (Å²) in [4.78, 5) is 43.1. The molecular weight excluding hydrogens is 344 g/mol. The molecule has 0 aromatic carbocycles. The normalized spacial score (nSPS) is 20.7. The van der Waals surface area contributed by atoms with E-state index >= 15 is 0 Å². The summed E-state index contributed by atoms with van der Waals surface area (Å²) >= 11 is 0. The van der Waals surface area contributed by atoms with E-state index in [9.17, 15) is 14.4 Å². The average molecular weight is 381 g/mol. The number of likely N-dealkylation sites (tertiary alicyclic amines) is 1. The lowest BCUT2D eigenvalue weighted by atomic mass is 9.95. The number of piperazine rings is 1. The molecule has 0 bridgehead atoms. The van der Waals surface area contributed by atoms with Crippen LogP contribution in [-0.4, -0.2) is 84.3 Å². The standard InChI is InChI=1S/C20H36N4O3/c1-16(21-19(27)20(2,3)4)18(26)24-13-11-22(12-14-24)15-17(25)23-9-7-5-6-8-10-23/h16H,5-15H2,1-4H3,(H,21,27). The Bertz CT molecular complexity index is 528. The zero-order valence-corrected chi connectivity index (χ0v) is 17.4. The highest BCUT2D eigenvalue weighted by Gasteiger charge is 2.30. The van der Waals surface area contributed by atoms with Gasteiger partial charge in [-0.2, -0.15) is 0 Å². The molecule has 0 aliphatic carbocycles. The highest BCUT2D eigenvalue weighted by atomic mass is 16.2. The molecule has 0 aromatic rings. The van der Waals surface area contributed by atoms with Crippen molar-refractivity contribution in [2.75, 3.05) is 45.8 Å². The molecule has 7 nitrogen and oxygen atoms in total. The smallest absolute Gasteiger partial charge is 0.244 e. The van der Waals surface area contributed by atoms with E-state index in [0.29, 0.717) is 32.7 Å². The first-order chi connectivity index (χ1) is 12.7. The van der Waals surface area contributed by atoms with Gasteiger partial charge in [-0.3, -0.25) is 19.3 Å². The maximum Gasteiger partial charge on any atom is 0.244 e. The van der Waals surface area contributed by atoms with Crippen LogP contribution in [0.4, 0.5) is 0 Å². The summed E-state index contributed by atoms with van der Waals surface area (Å²) in [6, 6.07) is -0.526. The molecule has 0 spiro atoms. The molecule has 0 aromatic heterocycles. The van der Waals surface area contributed by atoms with Crippen LogP contribution in [0.3, 0.4) is 0 Å². The van der Waals surface area contributed by atoms with Gasteiger partial charge >= 0.3 is 0 Å². The molecule has 3 amide bonds. The van der Waals surface area contributed by atoms with Crippen molar-refractivity contribution in [3.8, 4) is 0 Å². The van der Waals surface area contributed by atoms with Crippen molar-refractivity contribution in [2.45, 2.75) is 59.4 Å². The quantitative estimate of drug-likeness (QED) is 0.792. The minimum atomic E-state index is -0.526. The Morgan fingerprint density at radius 3 is 1.93 bits per heavy atom. The number of carbonyl (C=O) groups is 3. The SMILES string of the molecule is CC(NC(=O)C(C)(C)C)C(=O)N1CCN(CC(=O)N2CCCCCC2)CC1. The van der Waals surface area contributed by atoms with Crippen LogP contribution in [0.5, 0.6) is 0 Å². The number of rotatable bonds is 4. The zero-order chi connectivity index (χ0) is 20.0. The fourth-order valence-electron chi connectivity index (χ4n) is 3.49. The molecule has 0 radical (unpaired) electrons. The maximum atomic E-state index is 12.6. The molecule has 2 fully saturated rings. The predicted octanol–water partition coefficient (Wildman–Crippen LogP) is 1.08. The van der Waals surface area contributed by atoms with E-state index in [0.717, 1.165) is 25.9 Å². The van der Waals surface area contributed by atoms with Gasteiger partial charge in [0.15, 0.2) is 0 Å². The van der Waals surface area contributed by atoms with Crippen molar-refractivity contribution in [1.29, 1.82) is 0 Å². The molecule has 1 unspecified atom stereocenters. The van der Waals surface area contributed by atoms with Crippen LogP contribution in [0, 0.1) is 5.41 Å². The number of nitrogens with zero attached hydrogens (tertiary/aromatic N) is 3. The first-order valence-corrected chi connectivity index (χ1v) is 10.3. The molecule has 2 rings (SSSR count). The van der Waals surface area contributed by atoms with Gasteiger partial charge in [-0.1, -0.05) is 33.6 Å². The molecule has 2 aliphatic heterocycles. The summed E-state index contributed by atoms with van der Waals surface area (Å²) in [5.41, 5.74) is -0.513. The summed E-state index contributed by atoms with van der Waals surface area (Å²) in [5.74, 6) is 0.0404. The Kier molecular flexibility index (Phi) is 7.65. The lowest BCUT2D eigenvalue weighted by molar-refractivity contribution is -0.140. The fraction of sp³-hybridized carbons (Fsp3) is 0.850. The fourth-order valence-corrected chi connectivity index (χ4v) is 3.49. The van der Waals surface area contributed by atoms with Gasteiger partial charge in [-0.25, -0.2) is 0 Å². The minimum Gasteiger partial charge on any atom is -0.344 e. The van der Waals surface area contributed by atoms with Crippen molar-refractivity contribution >= 4 is 17.7 Å². The summed E-state index contributed by atoms with van der Waals surface area (Å²) in [6.45, 7) is 12.0. The maximum absolute atomic E-state index is 12.6. The Labute approximate surface area is 163 Å². The highest BCUT2D eigenvalue weighted by Crippen LogP contribution is 2.14. The molecule has 7 heteroatoms. The molecule has 2 aliphatic rings. The second kappa shape index (κ2) is 9.53. The van der Waals surface area contributed by atoms with E-state index < -0.39 is 11.5 Å². The third-order valence-electron chi connectivity index (χ3n) is 5.40. The number of hydrogen-bond donors (Lipinski definition) is 1. The van der Waals surface area contributed by atoms with E-state index in [1.54, 1.807) is 11.8 Å². The predicted molar refractivity (Wildman–Crippen MR) is 105 cm³/mol. The topological polar surface area (TPSA) is 73.0 Å². The van der Waals surface area contributed by atoms with Crippen LogP contribution >= 0.6 is 0 Å². The van der Waals surface area contributed by atoms with Crippen molar-refractivity contribution in [3.63, 3.8) is 0 Å². The van der Waals surface area contributed by atoms with Crippen LogP contribution in [-0.2, 0) is 14.4 Å². The Balaban J connectivity index is 1.76. The molecule has 0 saturated carbocycles. The number of amides is 3. The third kappa shape index (κ3) is 6.48. The van der Waals surface area contributed by atoms with E-state index in [2.05, 4.69) is 10.2 Å². The third-order valence-corrected chi connectivity index (χ3v) is 5.40. The second-order valence-corrected chi connectivity index (χ2v) is 8.84. The van der Waals surface area contributed by atoms with Crippen molar-refractivity contribution in [1.82, 2.24) is 20.0 Å². The van der Waals surface area contributed by atoms with Crippen LogP contribution in [0.15, 0.2) is 0 Å². The van der Waals surface area contributed by atoms with Gasteiger partial charge in [0.05, 0.1) is 6.54 Å². The molecule has 2 saturated heterocycles. The van der Waals surface area contributed by atoms with Gasteiger partial charge in [0.2, 0.25) is 17.7 Å². The van der Waals surface area contributed by atoms with Gasteiger partial charge in [-0.05, 0) is 19.8 Å². The molecule has 154 valence electrons. The minimum absolute atomic E-state index is 0.0499. The molecule has 1 N–H and O–H groups in total. The lowest BCUT2D eigenvalue weighted by Crippen LogP contribution is -2.56. The summed E-state index contributed by atoms with van der Waals surface area (Å²) in [5, 5.41) is 2.80. The first-order valence-electron chi connectivity index (χ1n) is 10.3. The van der Waals surface area contributed by atoms with E-state index in [1.807, 2.05) is 25.7 Å². The molecule has 1 atom stereocenters. The van der Waals surface area contributed by atoms with Crippen LogP contribution in [0.25, 0.3) is 0 Å². The average Bonchev–Trinajstić information content (AvgIpc) is 2.90. The highest BCUT2D eigenvalue weighted by molar-refractivity contribution is 5.89. The van der Waals surface area contributed by atoms with E-state index in [1.165, 1.54) is 12.8 Å². The van der Waals surface area contributed by atoms with Crippen LogP contribution in [0.1, 0.15) is 53.4 Å². The van der Waals surface area contributed by atoms with Gasteiger partial charge in [0.25, 0.3) is 0 Å². The van der Waals surface area contributed by atoms with Crippen LogP contribution in [0.2, 0.25) is 0 Å². The van der Waals surface area contributed by atoms with Crippen molar-refractivity contribution in [2.24, 2.45) is 5.41 Å². The summed E-state index contributed by atoms with van der Waals surface area (Å²) in [7, 11) is 0. The van der Waals surface area contributed by atoms with Gasteiger partial charge in [0.1, 0.15) is 6.04 Å². The lowest BCUT2D eigenvalue weighted by Gasteiger charge is -2.36. The van der Waals surface area contributed by atoms with Crippen molar-refractivity contribution < 1.29 is 14.4 Å². The van der Waals surface area contributed by atoms with Gasteiger partial charge in [0, 0.05) is 44.7 Å². The van der Waals surface area contributed by atoms with Crippen molar-refractivity contribution in [3.05, 3.63) is 0 Å². The van der Waals surface area contributed by atoms with Gasteiger partial charge in [-0.15, -0.1) is 0 Å². The Hall–Kier alpha value is -1.63. The van der Waals surface area contributed by atoms with E-state index in [-0.39, 0.29) is 17.7 Å². The molecular formula is C20H36N4O3. The Morgan fingerprint density at radius 1 is 0.852 bits per heavy atom. The van der Waals surface area contributed by atoms with Crippen LogP contribution < -0.4 is 5.32 Å². The number of carbonyl (C=O) groups excluding carboxylic acids is 3. The van der Waals surface area contributed by atoms with E-state index in [4.69, 9.17) is 0 Å². The number of hydrogen-bond acceptors (Lipinski definition) is 4. The largest absolute Gasteiger partial charge is 0.344 e. The number of nitrogens with one attached hydrogen (secondary N) is 1. The molecule has 2 heterocycles. The zero-order valence-electron chi connectivity index (χ0n) is 17.4. The Morgan fingerprint density at radius 2 is 1.41 bits per heavy atom. The molecule has 27 heavy (non-hydrogen) atoms. The summed E-state index contributed by atoms with van der Waals surface area (Å²) in [6.07, 6.45) is 4.64. The first kappa shape index (κ1) is 21.7. The second-order valence-electron chi connectivity index (χ2n) is 8.84. The summed E-state index contributed by atoms with van der Waals surface area (Å²) < 4.78 is 0. The van der Waals surface area contributed by atoms with Gasteiger partial charge < -0.3 is 15.1 Å².